The minimum Gasteiger partial charge on any atom is -0.479 e. The van der Waals surface area contributed by atoms with Gasteiger partial charge in [0, 0.05) is 12.6 Å². The van der Waals surface area contributed by atoms with Crippen LogP contribution in [0.4, 0.5) is 22.0 Å². The second-order valence-electron chi connectivity index (χ2n) is 7.55. The lowest BCUT2D eigenvalue weighted by Gasteiger charge is -2.16. The molecule has 11 heteroatoms. The summed E-state index contributed by atoms with van der Waals surface area (Å²) in [5.74, 6) is -6.17. The lowest BCUT2D eigenvalue weighted by Crippen LogP contribution is -2.27. The van der Waals surface area contributed by atoms with Gasteiger partial charge in [0.2, 0.25) is 0 Å². The van der Waals surface area contributed by atoms with Crippen molar-refractivity contribution in [2.75, 3.05) is 0 Å². The average Bonchev–Trinajstić information content (AvgIpc) is 2.80. The van der Waals surface area contributed by atoms with Crippen molar-refractivity contribution in [2.24, 2.45) is 5.73 Å². The number of rotatable bonds is 9. The summed E-state index contributed by atoms with van der Waals surface area (Å²) in [7, 11) is 0. The van der Waals surface area contributed by atoms with E-state index in [0.717, 1.165) is 6.07 Å². The summed E-state index contributed by atoms with van der Waals surface area (Å²) in [4.78, 5) is 14.8. The Morgan fingerprint density at radius 2 is 1.77 bits per heavy atom. The Bertz CT molecular complexity index is 1220. The number of carbonyl (C=O) groups is 1. The molecule has 0 saturated carbocycles. The second-order valence-corrected chi connectivity index (χ2v) is 7.55. The Morgan fingerprint density at radius 1 is 1.06 bits per heavy atom. The highest BCUT2D eigenvalue weighted by molar-refractivity contribution is 5.72. The Balaban J connectivity index is 2.03. The maximum atomic E-state index is 14.4. The SMILES string of the molecule is CCC[C@@H](Oc1nc(Oc2cc(-c3cccc(CN)c3)cc(C(F)(F)F)c2)c(F)cc1F)C(=O)O. The third-order valence-electron chi connectivity index (χ3n) is 4.89. The smallest absolute Gasteiger partial charge is 0.416 e. The van der Waals surface area contributed by atoms with Gasteiger partial charge in [-0.1, -0.05) is 31.5 Å². The van der Waals surface area contributed by atoms with E-state index in [1.165, 1.54) is 6.07 Å². The first-order chi connectivity index (χ1) is 16.5. The molecule has 2 aromatic carbocycles. The number of hydrogen-bond donors (Lipinski definition) is 2. The van der Waals surface area contributed by atoms with Crippen LogP contribution in [0.1, 0.15) is 30.9 Å². The molecule has 0 bridgehead atoms. The minimum absolute atomic E-state index is 0.0167. The summed E-state index contributed by atoms with van der Waals surface area (Å²) in [6.45, 7) is 1.84. The summed E-state index contributed by atoms with van der Waals surface area (Å²) in [6, 6.07) is 9.61. The quantitative estimate of drug-likeness (QED) is 0.357. The van der Waals surface area contributed by atoms with Crippen molar-refractivity contribution in [1.82, 2.24) is 4.98 Å². The van der Waals surface area contributed by atoms with Crippen LogP contribution in [-0.4, -0.2) is 22.2 Å². The van der Waals surface area contributed by atoms with Crippen molar-refractivity contribution in [2.45, 2.75) is 38.6 Å². The van der Waals surface area contributed by atoms with Crippen LogP contribution in [0.5, 0.6) is 17.5 Å². The molecular weight excluding hydrogens is 475 g/mol. The van der Waals surface area contributed by atoms with Crippen molar-refractivity contribution in [3.05, 3.63) is 71.3 Å². The largest absolute Gasteiger partial charge is 0.479 e. The third kappa shape index (κ3) is 6.44. The van der Waals surface area contributed by atoms with Crippen LogP contribution >= 0.6 is 0 Å². The van der Waals surface area contributed by atoms with Gasteiger partial charge in [0.15, 0.2) is 17.7 Å². The lowest BCUT2D eigenvalue weighted by atomic mass is 10.0. The van der Waals surface area contributed by atoms with Gasteiger partial charge in [-0.3, -0.25) is 0 Å². The molecule has 0 fully saturated rings. The van der Waals surface area contributed by atoms with E-state index in [1.54, 1.807) is 31.2 Å². The average molecular weight is 496 g/mol. The Labute approximate surface area is 197 Å². The summed E-state index contributed by atoms with van der Waals surface area (Å²) in [6.07, 6.45) is -5.81. The highest BCUT2D eigenvalue weighted by Crippen LogP contribution is 2.37. The number of nitrogens with two attached hydrogens (primary N) is 1. The zero-order valence-corrected chi connectivity index (χ0v) is 18.4. The fraction of sp³-hybridized carbons (Fsp3) is 0.250. The van der Waals surface area contributed by atoms with E-state index in [1.807, 2.05) is 0 Å². The number of benzene rings is 2. The Morgan fingerprint density at radius 3 is 2.40 bits per heavy atom. The van der Waals surface area contributed by atoms with Crippen molar-refractivity contribution >= 4 is 5.97 Å². The zero-order chi connectivity index (χ0) is 25.8. The molecule has 3 aromatic rings. The maximum absolute atomic E-state index is 14.4. The van der Waals surface area contributed by atoms with E-state index in [9.17, 15) is 31.9 Å². The van der Waals surface area contributed by atoms with Gasteiger partial charge in [-0.2, -0.15) is 18.2 Å². The molecule has 0 saturated heterocycles. The molecule has 3 rings (SSSR count). The Hall–Kier alpha value is -3.73. The van der Waals surface area contributed by atoms with Gasteiger partial charge >= 0.3 is 12.1 Å². The van der Waals surface area contributed by atoms with Crippen LogP contribution in [0.2, 0.25) is 0 Å². The predicted octanol–water partition coefficient (Wildman–Crippen LogP) is 5.93. The van der Waals surface area contributed by atoms with Crippen LogP contribution in [0.25, 0.3) is 11.1 Å². The molecule has 0 aliphatic carbocycles. The predicted molar refractivity (Wildman–Crippen MR) is 116 cm³/mol. The fourth-order valence-corrected chi connectivity index (χ4v) is 3.20. The standard InChI is InChI=1S/C24H21F5N2O4/c1-2-4-20(23(32)33)35-22-19(26)11-18(25)21(31-22)34-17-9-15(8-16(10-17)24(27,28)29)14-6-3-5-13(7-14)12-30/h3,5-11,20H,2,4,12,30H2,1H3,(H,32,33)/t20-/m1/s1. The molecule has 1 atom stereocenters. The number of aromatic nitrogens is 1. The molecule has 6 nitrogen and oxygen atoms in total. The summed E-state index contributed by atoms with van der Waals surface area (Å²) in [5, 5.41) is 9.20. The van der Waals surface area contributed by atoms with E-state index < -0.39 is 53.0 Å². The molecule has 0 unspecified atom stereocenters. The highest BCUT2D eigenvalue weighted by atomic mass is 19.4. The molecule has 1 aromatic heterocycles. The number of aliphatic carboxylic acids is 1. The third-order valence-corrected chi connectivity index (χ3v) is 4.89. The van der Waals surface area contributed by atoms with Crippen LogP contribution < -0.4 is 15.2 Å². The van der Waals surface area contributed by atoms with Crippen molar-refractivity contribution < 1.29 is 41.3 Å². The number of hydrogen-bond acceptors (Lipinski definition) is 5. The van der Waals surface area contributed by atoms with Crippen molar-refractivity contribution in [1.29, 1.82) is 0 Å². The first-order valence-corrected chi connectivity index (χ1v) is 10.5. The molecule has 0 spiro atoms. The molecule has 0 aliphatic heterocycles. The van der Waals surface area contributed by atoms with E-state index in [4.69, 9.17) is 15.2 Å². The van der Waals surface area contributed by atoms with Gasteiger partial charge in [-0.05, 0) is 47.4 Å². The Kier molecular flexibility index (Phi) is 7.90. The molecule has 0 radical (unpaired) electrons. The number of alkyl halides is 3. The number of ether oxygens (including phenoxy) is 2. The molecule has 0 amide bonds. The van der Waals surface area contributed by atoms with E-state index >= 15 is 0 Å². The number of nitrogens with zero attached hydrogens (tertiary/aromatic N) is 1. The van der Waals surface area contributed by atoms with Gasteiger partial charge in [-0.15, -0.1) is 0 Å². The van der Waals surface area contributed by atoms with Gasteiger partial charge in [0.1, 0.15) is 5.75 Å². The van der Waals surface area contributed by atoms with Gasteiger partial charge < -0.3 is 20.3 Å². The topological polar surface area (TPSA) is 94.7 Å². The maximum Gasteiger partial charge on any atom is 0.416 e. The van der Waals surface area contributed by atoms with Crippen molar-refractivity contribution in [3.63, 3.8) is 0 Å². The van der Waals surface area contributed by atoms with Crippen LogP contribution in [0, 0.1) is 11.6 Å². The zero-order valence-electron chi connectivity index (χ0n) is 18.4. The summed E-state index contributed by atoms with van der Waals surface area (Å²) >= 11 is 0. The highest BCUT2D eigenvalue weighted by Gasteiger charge is 2.32. The molecule has 0 aliphatic rings. The molecule has 35 heavy (non-hydrogen) atoms. The number of carboxylic acids is 1. The molecular formula is C24H21F5N2O4. The van der Waals surface area contributed by atoms with Crippen LogP contribution in [0.3, 0.4) is 0 Å². The first kappa shape index (κ1) is 25.9. The summed E-state index contributed by atoms with van der Waals surface area (Å²) in [5.41, 5.74) is 5.73. The summed E-state index contributed by atoms with van der Waals surface area (Å²) < 4.78 is 79.5. The van der Waals surface area contributed by atoms with Gasteiger partial charge in [0.25, 0.3) is 11.8 Å². The number of halogens is 5. The van der Waals surface area contributed by atoms with Crippen molar-refractivity contribution in [3.8, 4) is 28.6 Å². The molecule has 1 heterocycles. The van der Waals surface area contributed by atoms with Crippen LogP contribution in [-0.2, 0) is 17.5 Å². The van der Waals surface area contributed by atoms with E-state index in [2.05, 4.69) is 4.98 Å². The number of carboxylic acid groups (broad SMARTS) is 1. The number of pyridine rings is 1. The minimum atomic E-state index is -4.75. The monoisotopic (exact) mass is 496 g/mol. The van der Waals surface area contributed by atoms with E-state index in [0.29, 0.717) is 29.7 Å². The molecule has 3 N–H and O–H groups in total. The van der Waals surface area contributed by atoms with Crippen LogP contribution in [0.15, 0.2) is 48.5 Å². The van der Waals surface area contributed by atoms with Gasteiger partial charge in [0.05, 0.1) is 5.56 Å². The van der Waals surface area contributed by atoms with Gasteiger partial charge in [-0.25, -0.2) is 13.6 Å². The fourth-order valence-electron chi connectivity index (χ4n) is 3.20. The lowest BCUT2D eigenvalue weighted by molar-refractivity contribution is -0.145. The molecule has 186 valence electrons. The normalized spacial score (nSPS) is 12.3. The second kappa shape index (κ2) is 10.7. The first-order valence-electron chi connectivity index (χ1n) is 10.5. The van der Waals surface area contributed by atoms with E-state index in [-0.39, 0.29) is 18.5 Å².